The number of benzene rings is 1. The number of imidazole rings is 1. The number of aldehydes is 1. The van der Waals surface area contributed by atoms with E-state index >= 15 is 0 Å². The highest BCUT2D eigenvalue weighted by Gasteiger charge is 2.26. The van der Waals surface area contributed by atoms with E-state index < -0.39 is 5.41 Å². The summed E-state index contributed by atoms with van der Waals surface area (Å²) in [5, 5.41) is 13.2. The molecule has 3 aromatic rings. The molecule has 164 valence electrons. The second-order valence-corrected chi connectivity index (χ2v) is 8.26. The molecule has 7 heteroatoms. The first-order valence-electron chi connectivity index (χ1n) is 10.2. The molecule has 2 N–H and O–H groups in total. The minimum absolute atomic E-state index is 0.0766. The molecule has 1 fully saturated rings. The van der Waals surface area contributed by atoms with Gasteiger partial charge in [-0.2, -0.15) is 0 Å². The average Bonchev–Trinajstić information content (AvgIpc) is 3.50. The normalized spacial score (nSPS) is 13.5. The third-order valence-corrected chi connectivity index (χ3v) is 5.85. The second kappa shape index (κ2) is 8.89. The molecule has 1 aromatic carbocycles. The van der Waals surface area contributed by atoms with E-state index in [1.165, 1.54) is 26.0 Å². The van der Waals surface area contributed by atoms with Crippen molar-refractivity contribution in [1.82, 2.24) is 14.7 Å². The topological polar surface area (TPSA) is 92.9 Å². The van der Waals surface area contributed by atoms with Crippen LogP contribution >= 0.6 is 0 Å². The van der Waals surface area contributed by atoms with E-state index in [9.17, 15) is 14.7 Å². The van der Waals surface area contributed by atoms with Gasteiger partial charge in [-0.05, 0) is 70.5 Å². The van der Waals surface area contributed by atoms with Gasteiger partial charge in [0.2, 0.25) is 0 Å². The fourth-order valence-corrected chi connectivity index (χ4v) is 3.21. The molecule has 31 heavy (non-hydrogen) atoms. The maximum absolute atomic E-state index is 11.9. The van der Waals surface area contributed by atoms with Gasteiger partial charge in [-0.1, -0.05) is 0 Å². The number of hydrogen-bond donors (Lipinski definition) is 2. The first-order valence-corrected chi connectivity index (χ1v) is 10.2. The number of aromatic hydroxyl groups is 1. The van der Waals surface area contributed by atoms with Crippen LogP contribution in [-0.4, -0.2) is 46.8 Å². The van der Waals surface area contributed by atoms with Crippen LogP contribution in [0.3, 0.4) is 0 Å². The Balaban J connectivity index is 0.000000478. The summed E-state index contributed by atoms with van der Waals surface area (Å²) in [6.07, 6.45) is 6.87. The van der Waals surface area contributed by atoms with Crippen LogP contribution in [0.4, 0.5) is 0 Å². The number of nitrogens with zero attached hydrogens (tertiary/aromatic N) is 2. The fourth-order valence-electron chi connectivity index (χ4n) is 3.21. The predicted octanol–water partition coefficient (Wildman–Crippen LogP) is 3.76. The van der Waals surface area contributed by atoms with Gasteiger partial charge in [0.15, 0.2) is 6.29 Å². The van der Waals surface area contributed by atoms with Crippen molar-refractivity contribution in [3.05, 3.63) is 47.8 Å². The molecule has 0 radical (unpaired) electrons. The van der Waals surface area contributed by atoms with Crippen LogP contribution < -0.4 is 10.1 Å². The molecule has 2 aromatic heterocycles. The predicted molar refractivity (Wildman–Crippen MR) is 120 cm³/mol. The molecule has 2 heterocycles. The number of ether oxygens (including phenoxy) is 1. The van der Waals surface area contributed by atoms with Crippen molar-refractivity contribution < 1.29 is 19.4 Å². The summed E-state index contributed by atoms with van der Waals surface area (Å²) in [6.45, 7) is 5.34. The number of carbonyl (C=O) groups is 2. The lowest BCUT2D eigenvalue weighted by Crippen LogP contribution is -2.26. The Bertz CT molecular complexity index is 1110. The standard InChI is InChI=1S/C20H20N2O4.C4H9N/c1-12(24)20(2,3)14-5-6-22-16(10-21-19(22)9-14)13-7-17(25)15(11-23)18(8-13)26-4;1-5-4-2-3-4/h5-11,25H,1-4H3;4-5H,2-3H2,1H3. The number of Topliss-reactive ketones (excluding diaryl/α,β-unsaturated/α-hetero) is 1. The molecule has 0 spiro atoms. The maximum atomic E-state index is 11.9. The Kier molecular flexibility index (Phi) is 6.45. The van der Waals surface area contributed by atoms with Crippen molar-refractivity contribution in [3.8, 4) is 22.8 Å². The minimum atomic E-state index is -0.596. The van der Waals surface area contributed by atoms with Crippen LogP contribution in [0.2, 0.25) is 0 Å². The lowest BCUT2D eigenvalue weighted by atomic mass is 9.82. The fraction of sp³-hybridized carbons (Fsp3) is 0.375. The van der Waals surface area contributed by atoms with E-state index in [-0.39, 0.29) is 17.1 Å². The van der Waals surface area contributed by atoms with Crippen LogP contribution in [0.5, 0.6) is 11.5 Å². The quantitative estimate of drug-likeness (QED) is 0.587. The van der Waals surface area contributed by atoms with Crippen molar-refractivity contribution >= 4 is 17.7 Å². The Labute approximate surface area is 182 Å². The smallest absolute Gasteiger partial charge is 0.157 e. The number of carbonyl (C=O) groups excluding carboxylic acids is 2. The highest BCUT2D eigenvalue weighted by molar-refractivity contribution is 5.88. The molecule has 0 unspecified atom stereocenters. The molecule has 1 saturated carbocycles. The lowest BCUT2D eigenvalue weighted by Gasteiger charge is -2.21. The van der Waals surface area contributed by atoms with Gasteiger partial charge in [0.05, 0.1) is 24.6 Å². The number of pyridine rings is 1. The number of ketones is 1. The molecular formula is C24H29N3O4. The highest BCUT2D eigenvalue weighted by atomic mass is 16.5. The van der Waals surface area contributed by atoms with Crippen molar-refractivity contribution in [2.45, 2.75) is 45.1 Å². The van der Waals surface area contributed by atoms with Gasteiger partial charge in [0.25, 0.3) is 0 Å². The molecule has 0 bridgehead atoms. The van der Waals surface area contributed by atoms with E-state index in [4.69, 9.17) is 4.74 Å². The zero-order valence-electron chi connectivity index (χ0n) is 18.6. The largest absolute Gasteiger partial charge is 0.507 e. The number of fused-ring (bicyclic) bond motifs is 1. The van der Waals surface area contributed by atoms with E-state index in [2.05, 4.69) is 10.3 Å². The Morgan fingerprint density at radius 3 is 2.55 bits per heavy atom. The van der Waals surface area contributed by atoms with E-state index in [0.29, 0.717) is 23.2 Å². The number of nitrogens with one attached hydrogen (secondary N) is 1. The van der Waals surface area contributed by atoms with Crippen LogP contribution in [0, 0.1) is 0 Å². The number of phenols is 1. The van der Waals surface area contributed by atoms with Gasteiger partial charge < -0.3 is 15.2 Å². The molecule has 4 rings (SSSR count). The van der Waals surface area contributed by atoms with E-state index in [1.807, 2.05) is 43.6 Å². The molecule has 0 saturated heterocycles. The Morgan fingerprint density at radius 1 is 1.32 bits per heavy atom. The minimum Gasteiger partial charge on any atom is -0.507 e. The first kappa shape index (κ1) is 22.5. The summed E-state index contributed by atoms with van der Waals surface area (Å²) in [7, 11) is 3.45. The van der Waals surface area contributed by atoms with Crippen LogP contribution in [0.1, 0.15) is 49.5 Å². The van der Waals surface area contributed by atoms with Gasteiger partial charge >= 0.3 is 0 Å². The van der Waals surface area contributed by atoms with Crippen molar-refractivity contribution in [3.63, 3.8) is 0 Å². The van der Waals surface area contributed by atoms with Gasteiger partial charge in [-0.25, -0.2) is 4.98 Å². The molecule has 0 atom stereocenters. The third-order valence-electron chi connectivity index (χ3n) is 5.85. The van der Waals surface area contributed by atoms with Crippen LogP contribution in [0.15, 0.2) is 36.7 Å². The zero-order valence-corrected chi connectivity index (χ0v) is 18.6. The van der Waals surface area contributed by atoms with Crippen molar-refractivity contribution in [2.24, 2.45) is 0 Å². The molecule has 1 aliphatic carbocycles. The SMILES string of the molecule is CNC1CC1.COc1cc(-c2cnc3cc(C(C)(C)C(C)=O)ccn23)cc(O)c1C=O. The molecule has 7 nitrogen and oxygen atoms in total. The molecule has 0 aliphatic heterocycles. The monoisotopic (exact) mass is 423 g/mol. The number of phenolic OH excluding ortho intramolecular Hbond substituents is 1. The average molecular weight is 424 g/mol. The van der Waals surface area contributed by atoms with Crippen molar-refractivity contribution in [1.29, 1.82) is 0 Å². The second-order valence-electron chi connectivity index (χ2n) is 8.26. The van der Waals surface area contributed by atoms with E-state index in [0.717, 1.165) is 17.3 Å². The lowest BCUT2D eigenvalue weighted by molar-refractivity contribution is -0.121. The van der Waals surface area contributed by atoms with Gasteiger partial charge in [-0.3, -0.25) is 14.0 Å². The van der Waals surface area contributed by atoms with E-state index in [1.54, 1.807) is 19.2 Å². The number of rotatable bonds is 6. The summed E-state index contributed by atoms with van der Waals surface area (Å²) < 4.78 is 7.06. The third kappa shape index (κ3) is 4.61. The molecule has 0 amide bonds. The number of aromatic nitrogens is 2. The van der Waals surface area contributed by atoms with Crippen LogP contribution in [-0.2, 0) is 10.2 Å². The van der Waals surface area contributed by atoms with Crippen molar-refractivity contribution in [2.75, 3.05) is 14.2 Å². The summed E-state index contributed by atoms with van der Waals surface area (Å²) in [6, 6.07) is 7.83. The molecular weight excluding hydrogens is 394 g/mol. The van der Waals surface area contributed by atoms with Crippen LogP contribution in [0.25, 0.3) is 16.9 Å². The Morgan fingerprint density at radius 2 is 2.03 bits per heavy atom. The Hall–Kier alpha value is -3.19. The number of methoxy groups -OCH3 is 1. The van der Waals surface area contributed by atoms with Gasteiger partial charge in [-0.15, -0.1) is 0 Å². The molecule has 1 aliphatic rings. The van der Waals surface area contributed by atoms with Gasteiger partial charge in [0, 0.05) is 23.2 Å². The number of hydrogen-bond acceptors (Lipinski definition) is 6. The zero-order chi connectivity index (χ0) is 22.8. The highest BCUT2D eigenvalue weighted by Crippen LogP contribution is 2.34. The summed E-state index contributed by atoms with van der Waals surface area (Å²) >= 11 is 0. The van der Waals surface area contributed by atoms with Gasteiger partial charge in [0.1, 0.15) is 22.9 Å². The summed E-state index contributed by atoms with van der Waals surface area (Å²) in [5.74, 6) is 0.214. The summed E-state index contributed by atoms with van der Waals surface area (Å²) in [4.78, 5) is 27.4. The first-order chi connectivity index (χ1) is 14.7. The summed E-state index contributed by atoms with van der Waals surface area (Å²) in [5.41, 5.74) is 2.47. The maximum Gasteiger partial charge on any atom is 0.157 e.